The molecule has 0 bridgehead atoms. The predicted molar refractivity (Wildman–Crippen MR) is 104 cm³/mol. The zero-order chi connectivity index (χ0) is 20.7. The number of rotatable bonds is 5. The fourth-order valence-electron chi connectivity index (χ4n) is 4.24. The van der Waals surface area contributed by atoms with Crippen LogP contribution in [0, 0.1) is 5.92 Å². The van der Waals surface area contributed by atoms with E-state index in [9.17, 15) is 9.59 Å². The van der Waals surface area contributed by atoms with Gasteiger partial charge in [-0.1, -0.05) is 18.2 Å². The number of benzene rings is 2. The SMILES string of the molecule is COc1cc(C(N)=O)c(-c2ccc3c(c2)CC2CC(=O)N=NC32)c(OC)c1OC. The molecule has 2 aliphatic rings. The van der Waals surface area contributed by atoms with E-state index in [1.807, 2.05) is 18.2 Å². The topological polar surface area (TPSA) is 113 Å². The lowest BCUT2D eigenvalue weighted by Crippen LogP contribution is -2.14. The Morgan fingerprint density at radius 3 is 2.48 bits per heavy atom. The van der Waals surface area contributed by atoms with Crippen molar-refractivity contribution in [3.8, 4) is 28.4 Å². The van der Waals surface area contributed by atoms with Crippen LogP contribution in [0.5, 0.6) is 17.2 Å². The molecule has 29 heavy (non-hydrogen) atoms. The zero-order valence-corrected chi connectivity index (χ0v) is 16.4. The summed E-state index contributed by atoms with van der Waals surface area (Å²) < 4.78 is 16.4. The molecule has 150 valence electrons. The molecule has 0 radical (unpaired) electrons. The summed E-state index contributed by atoms with van der Waals surface area (Å²) in [6, 6.07) is 7.30. The van der Waals surface area contributed by atoms with Gasteiger partial charge >= 0.3 is 0 Å². The molecule has 2 aromatic carbocycles. The fourth-order valence-corrected chi connectivity index (χ4v) is 4.24. The van der Waals surface area contributed by atoms with E-state index in [0.29, 0.717) is 29.2 Å². The van der Waals surface area contributed by atoms with Crippen LogP contribution in [-0.4, -0.2) is 33.1 Å². The second-order valence-electron chi connectivity index (χ2n) is 7.07. The Bertz CT molecular complexity index is 1050. The molecule has 0 aromatic heterocycles. The Hall–Kier alpha value is -3.42. The first-order valence-corrected chi connectivity index (χ1v) is 9.18. The third kappa shape index (κ3) is 3.00. The third-order valence-electron chi connectivity index (χ3n) is 5.50. The Morgan fingerprint density at radius 2 is 1.83 bits per heavy atom. The number of carbonyl (C=O) groups is 2. The highest BCUT2D eigenvalue weighted by Crippen LogP contribution is 2.49. The Labute approximate surface area is 167 Å². The zero-order valence-electron chi connectivity index (χ0n) is 16.4. The molecule has 2 N–H and O–H groups in total. The van der Waals surface area contributed by atoms with Crippen LogP contribution in [0.4, 0.5) is 0 Å². The minimum absolute atomic E-state index is 0.0975. The Morgan fingerprint density at radius 1 is 1.07 bits per heavy atom. The highest BCUT2D eigenvalue weighted by molar-refractivity contribution is 6.03. The van der Waals surface area contributed by atoms with Gasteiger partial charge in [-0.2, -0.15) is 5.11 Å². The number of nitrogens with zero attached hydrogens (tertiary/aromatic N) is 2. The first-order valence-electron chi connectivity index (χ1n) is 9.18. The normalized spacial score (nSPS) is 19.5. The summed E-state index contributed by atoms with van der Waals surface area (Å²) in [4.78, 5) is 23.8. The number of hydrogen-bond acceptors (Lipinski definition) is 6. The van der Waals surface area contributed by atoms with E-state index in [0.717, 1.165) is 23.1 Å². The lowest BCUT2D eigenvalue weighted by Gasteiger charge is -2.19. The lowest BCUT2D eigenvalue weighted by molar-refractivity contribution is -0.120. The molecule has 2 aromatic rings. The summed E-state index contributed by atoms with van der Waals surface area (Å²) in [6.07, 6.45) is 1.12. The van der Waals surface area contributed by atoms with Gasteiger partial charge in [-0.05, 0) is 29.2 Å². The molecule has 0 spiro atoms. The number of amides is 2. The summed E-state index contributed by atoms with van der Waals surface area (Å²) in [5.74, 6) is 0.431. The van der Waals surface area contributed by atoms with Gasteiger partial charge < -0.3 is 19.9 Å². The number of methoxy groups -OCH3 is 3. The van der Waals surface area contributed by atoms with Crippen molar-refractivity contribution in [1.82, 2.24) is 0 Å². The maximum atomic E-state index is 12.2. The van der Waals surface area contributed by atoms with Crippen LogP contribution in [-0.2, 0) is 11.2 Å². The van der Waals surface area contributed by atoms with Crippen molar-refractivity contribution in [2.45, 2.75) is 18.9 Å². The number of hydrogen-bond donors (Lipinski definition) is 1. The summed E-state index contributed by atoms with van der Waals surface area (Å²) in [5.41, 5.74) is 9.34. The molecule has 1 aliphatic heterocycles. The van der Waals surface area contributed by atoms with Crippen LogP contribution >= 0.6 is 0 Å². The minimum Gasteiger partial charge on any atom is -0.493 e. The Kier molecular flexibility index (Phi) is 4.70. The average molecular weight is 395 g/mol. The quantitative estimate of drug-likeness (QED) is 0.836. The van der Waals surface area contributed by atoms with E-state index >= 15 is 0 Å². The standard InChI is InChI=1S/C21H21N3O5/c1-27-15-9-14(21(22)26)17(20(29-3)19(15)28-2)10-4-5-13-11(6-10)7-12-8-16(25)23-24-18(12)13/h4-6,9,12,18H,7-8H2,1-3H3,(H2,22,26). The van der Waals surface area contributed by atoms with Crippen LogP contribution < -0.4 is 19.9 Å². The molecule has 1 aliphatic carbocycles. The van der Waals surface area contributed by atoms with Gasteiger partial charge in [0, 0.05) is 17.9 Å². The maximum absolute atomic E-state index is 12.2. The number of nitrogens with two attached hydrogens (primary N) is 1. The number of azo groups is 1. The van der Waals surface area contributed by atoms with Gasteiger partial charge in [-0.25, -0.2) is 0 Å². The molecule has 2 amide bonds. The molecule has 8 nitrogen and oxygen atoms in total. The molecule has 1 heterocycles. The molecule has 0 saturated carbocycles. The van der Waals surface area contributed by atoms with Crippen molar-refractivity contribution in [3.05, 3.63) is 41.0 Å². The molecular weight excluding hydrogens is 374 g/mol. The van der Waals surface area contributed by atoms with Gasteiger partial charge in [0.1, 0.15) is 6.04 Å². The van der Waals surface area contributed by atoms with Gasteiger partial charge in [0.05, 0.1) is 26.9 Å². The van der Waals surface area contributed by atoms with Crippen molar-refractivity contribution in [2.24, 2.45) is 21.9 Å². The predicted octanol–water partition coefficient (Wildman–Crippen LogP) is 3.07. The van der Waals surface area contributed by atoms with E-state index in [-0.39, 0.29) is 23.4 Å². The molecule has 0 fully saturated rings. The van der Waals surface area contributed by atoms with Gasteiger partial charge in [0.15, 0.2) is 11.5 Å². The van der Waals surface area contributed by atoms with Gasteiger partial charge in [0.2, 0.25) is 11.7 Å². The summed E-state index contributed by atoms with van der Waals surface area (Å²) in [6.45, 7) is 0. The summed E-state index contributed by atoms with van der Waals surface area (Å²) in [7, 11) is 4.48. The molecule has 0 saturated heterocycles. The second kappa shape index (κ2) is 7.20. The van der Waals surface area contributed by atoms with Crippen LogP contribution in [0.1, 0.15) is 33.9 Å². The Balaban J connectivity index is 1.88. The fraction of sp³-hybridized carbons (Fsp3) is 0.333. The highest BCUT2D eigenvalue weighted by atomic mass is 16.5. The first-order chi connectivity index (χ1) is 14.0. The smallest absolute Gasteiger partial charge is 0.264 e. The first kappa shape index (κ1) is 18.9. The van der Waals surface area contributed by atoms with E-state index in [2.05, 4.69) is 10.2 Å². The second-order valence-corrected chi connectivity index (χ2v) is 7.07. The number of primary amides is 1. The largest absolute Gasteiger partial charge is 0.493 e. The number of carbonyl (C=O) groups excluding carboxylic acids is 2. The van der Waals surface area contributed by atoms with E-state index in [1.54, 1.807) is 6.07 Å². The van der Waals surface area contributed by atoms with Gasteiger partial charge in [0.25, 0.3) is 5.91 Å². The molecule has 2 atom stereocenters. The van der Waals surface area contributed by atoms with Gasteiger partial charge in [-0.3, -0.25) is 9.59 Å². The highest BCUT2D eigenvalue weighted by Gasteiger charge is 2.37. The van der Waals surface area contributed by atoms with E-state index in [1.165, 1.54) is 21.3 Å². The van der Waals surface area contributed by atoms with Crippen LogP contribution in [0.25, 0.3) is 11.1 Å². The monoisotopic (exact) mass is 395 g/mol. The van der Waals surface area contributed by atoms with Crippen LogP contribution in [0.2, 0.25) is 0 Å². The number of ether oxygens (including phenoxy) is 3. The van der Waals surface area contributed by atoms with E-state index < -0.39 is 5.91 Å². The van der Waals surface area contributed by atoms with Crippen molar-refractivity contribution in [3.63, 3.8) is 0 Å². The molecule has 4 rings (SSSR count). The number of fused-ring (bicyclic) bond motifs is 3. The van der Waals surface area contributed by atoms with E-state index in [4.69, 9.17) is 19.9 Å². The summed E-state index contributed by atoms with van der Waals surface area (Å²) >= 11 is 0. The minimum atomic E-state index is -0.604. The van der Waals surface area contributed by atoms with Crippen molar-refractivity contribution >= 4 is 11.8 Å². The third-order valence-corrected chi connectivity index (χ3v) is 5.50. The molecule has 8 heteroatoms. The van der Waals surface area contributed by atoms with Crippen molar-refractivity contribution in [2.75, 3.05) is 21.3 Å². The van der Waals surface area contributed by atoms with Gasteiger partial charge in [-0.15, -0.1) is 5.11 Å². The van der Waals surface area contributed by atoms with Crippen LogP contribution in [0.3, 0.4) is 0 Å². The average Bonchev–Trinajstić information content (AvgIpc) is 3.08. The molecular formula is C21H21N3O5. The van der Waals surface area contributed by atoms with Crippen molar-refractivity contribution in [1.29, 1.82) is 0 Å². The van der Waals surface area contributed by atoms with Crippen molar-refractivity contribution < 1.29 is 23.8 Å². The maximum Gasteiger partial charge on any atom is 0.264 e. The lowest BCUT2D eigenvalue weighted by atomic mass is 9.94. The summed E-state index contributed by atoms with van der Waals surface area (Å²) in [5, 5.41) is 7.92. The molecule has 2 unspecified atom stereocenters. The van der Waals surface area contributed by atoms with Crippen LogP contribution in [0.15, 0.2) is 34.5 Å².